The third-order valence-electron chi connectivity index (χ3n) is 1.40. The van der Waals surface area contributed by atoms with Crippen molar-refractivity contribution in [1.29, 1.82) is 0 Å². The number of hydrogen-bond acceptors (Lipinski definition) is 2. The summed E-state index contributed by atoms with van der Waals surface area (Å²) in [5, 5.41) is 0. The lowest BCUT2D eigenvalue weighted by atomic mass is 10.3. The van der Waals surface area contributed by atoms with Gasteiger partial charge in [0.25, 0.3) is 0 Å². The van der Waals surface area contributed by atoms with Crippen molar-refractivity contribution in [3.8, 4) is 0 Å². The highest BCUT2D eigenvalue weighted by atomic mass is 16.3. The first kappa shape index (κ1) is 15.2. The molecule has 2 rings (SSSR count). The van der Waals surface area contributed by atoms with E-state index in [1.165, 1.54) is 0 Å². The Kier molecular flexibility index (Phi) is 7.73. The minimum Gasteiger partial charge on any atom is -0.441 e. The van der Waals surface area contributed by atoms with Crippen LogP contribution in [0, 0.1) is 6.92 Å². The molecule has 0 amide bonds. The van der Waals surface area contributed by atoms with E-state index < -0.39 is 0 Å². The Hall–Kier alpha value is -1.31. The van der Waals surface area contributed by atoms with Crippen molar-refractivity contribution in [1.82, 2.24) is 4.98 Å². The lowest BCUT2D eigenvalue weighted by Crippen LogP contribution is -1.65. The average molecular weight is 195 g/mol. The molecular weight excluding hydrogens is 174 g/mol. The minimum absolute atomic E-state index is 0. The third kappa shape index (κ3) is 3.21. The number of fused-ring (bicyclic) bond motifs is 1. The van der Waals surface area contributed by atoms with Crippen LogP contribution >= 0.6 is 0 Å². The Morgan fingerprint density at radius 2 is 1.64 bits per heavy atom. The van der Waals surface area contributed by atoms with Crippen LogP contribution in [-0.2, 0) is 0 Å². The summed E-state index contributed by atoms with van der Waals surface area (Å²) in [5.74, 6) is 0.723. The van der Waals surface area contributed by atoms with Gasteiger partial charge in [-0.15, -0.1) is 0 Å². The maximum Gasteiger partial charge on any atom is 0.192 e. The Morgan fingerprint density at radius 1 is 1.07 bits per heavy atom. The Morgan fingerprint density at radius 3 is 2.21 bits per heavy atom. The molecule has 0 spiro atoms. The van der Waals surface area contributed by atoms with Gasteiger partial charge in [-0.1, -0.05) is 40.8 Å². The van der Waals surface area contributed by atoms with Crippen LogP contribution in [0.25, 0.3) is 11.1 Å². The summed E-state index contributed by atoms with van der Waals surface area (Å²) in [5.41, 5.74) is 1.79. The smallest absolute Gasteiger partial charge is 0.192 e. The molecule has 80 valence electrons. The molecule has 0 saturated heterocycles. The number of rotatable bonds is 0. The zero-order valence-corrected chi connectivity index (χ0v) is 7.66. The molecule has 0 radical (unpaired) electrons. The molecule has 0 aliphatic rings. The van der Waals surface area contributed by atoms with Gasteiger partial charge >= 0.3 is 0 Å². The summed E-state index contributed by atoms with van der Waals surface area (Å²) in [4.78, 5) is 4.15. The molecule has 2 heteroatoms. The zero-order chi connectivity index (χ0) is 8.97. The van der Waals surface area contributed by atoms with Crippen LogP contribution in [-0.4, -0.2) is 4.98 Å². The highest BCUT2D eigenvalue weighted by Gasteiger charge is 1.97. The van der Waals surface area contributed by atoms with E-state index in [0.29, 0.717) is 0 Å². The van der Waals surface area contributed by atoms with Crippen molar-refractivity contribution < 1.29 is 4.42 Å². The van der Waals surface area contributed by atoms with E-state index >= 15 is 0 Å². The van der Waals surface area contributed by atoms with E-state index in [1.54, 1.807) is 0 Å². The first-order valence-corrected chi connectivity index (χ1v) is 4.18. The van der Waals surface area contributed by atoms with Crippen molar-refractivity contribution in [2.45, 2.75) is 35.6 Å². The van der Waals surface area contributed by atoms with Crippen molar-refractivity contribution in [2.24, 2.45) is 0 Å². The van der Waals surface area contributed by atoms with Gasteiger partial charge in [0, 0.05) is 6.92 Å². The second-order valence-corrected chi connectivity index (χ2v) is 2.20. The van der Waals surface area contributed by atoms with Crippen molar-refractivity contribution >= 4 is 11.1 Å². The van der Waals surface area contributed by atoms with Gasteiger partial charge in [0.15, 0.2) is 11.5 Å². The van der Waals surface area contributed by atoms with Gasteiger partial charge in [0.1, 0.15) is 5.52 Å². The van der Waals surface area contributed by atoms with Gasteiger partial charge in [0.2, 0.25) is 0 Å². The number of para-hydroxylation sites is 2. The zero-order valence-electron chi connectivity index (χ0n) is 7.66. The number of aromatic nitrogens is 1. The van der Waals surface area contributed by atoms with Crippen LogP contribution in [0.4, 0.5) is 0 Å². The normalized spacial score (nSPS) is 7.93. The van der Waals surface area contributed by atoms with Crippen molar-refractivity contribution in [3.05, 3.63) is 30.2 Å². The summed E-state index contributed by atoms with van der Waals surface area (Å²) < 4.78 is 5.26. The molecule has 1 aromatic carbocycles. The molecule has 0 fully saturated rings. The topological polar surface area (TPSA) is 26.0 Å². The maximum absolute atomic E-state index is 5.26. The summed E-state index contributed by atoms with van der Waals surface area (Å²) in [6.45, 7) is 5.85. The van der Waals surface area contributed by atoms with Gasteiger partial charge in [-0.3, -0.25) is 0 Å². The van der Waals surface area contributed by atoms with Crippen molar-refractivity contribution in [2.75, 3.05) is 0 Å². The molecule has 2 aromatic rings. The van der Waals surface area contributed by atoms with Gasteiger partial charge in [0.05, 0.1) is 0 Å². The molecular formula is C12H21NO. The van der Waals surface area contributed by atoms with E-state index in [2.05, 4.69) is 4.98 Å². The van der Waals surface area contributed by atoms with E-state index in [9.17, 15) is 0 Å². The highest BCUT2D eigenvalue weighted by Crippen LogP contribution is 2.12. The number of hydrogen-bond donors (Lipinski definition) is 0. The van der Waals surface area contributed by atoms with E-state index in [1.807, 2.05) is 45.0 Å². The minimum atomic E-state index is 0. The predicted octanol–water partition coefficient (Wildman–Crippen LogP) is 4.43. The number of nitrogens with zero attached hydrogens (tertiary/aromatic N) is 1. The van der Waals surface area contributed by atoms with E-state index in [0.717, 1.165) is 17.0 Å². The van der Waals surface area contributed by atoms with Gasteiger partial charge in [-0.05, 0) is 12.1 Å². The molecule has 2 nitrogen and oxygen atoms in total. The van der Waals surface area contributed by atoms with Gasteiger partial charge in [-0.2, -0.15) is 0 Å². The van der Waals surface area contributed by atoms with E-state index in [-0.39, 0.29) is 14.9 Å². The molecule has 0 aliphatic carbocycles. The monoisotopic (exact) mass is 195 g/mol. The van der Waals surface area contributed by atoms with Crippen LogP contribution in [0.2, 0.25) is 0 Å². The van der Waals surface area contributed by atoms with Gasteiger partial charge in [-0.25, -0.2) is 4.98 Å². The van der Waals surface area contributed by atoms with Crippen LogP contribution in [0.5, 0.6) is 0 Å². The lowest BCUT2D eigenvalue weighted by Gasteiger charge is -1.79. The van der Waals surface area contributed by atoms with Gasteiger partial charge < -0.3 is 4.42 Å². The molecule has 0 N–H and O–H groups in total. The summed E-state index contributed by atoms with van der Waals surface area (Å²) in [6.07, 6.45) is 0. The first-order valence-electron chi connectivity index (χ1n) is 4.18. The molecule has 0 bridgehead atoms. The molecule has 0 aliphatic heterocycles. The quantitative estimate of drug-likeness (QED) is 0.621. The molecule has 1 aromatic heterocycles. The first-order chi connectivity index (χ1) is 5.86. The Bertz CT molecular complexity index is 319. The second kappa shape index (κ2) is 7.13. The standard InChI is InChI=1S/C8H7NO.C2H6.2CH4/c1-6-9-7-4-2-3-5-8(7)10-6;1-2;;/h2-5H,1H3;1-2H3;2*1H4. The van der Waals surface area contributed by atoms with Crippen LogP contribution < -0.4 is 0 Å². The molecule has 14 heavy (non-hydrogen) atoms. The SMILES string of the molecule is C.C.CC.Cc1nc2ccccc2o1. The average Bonchev–Trinajstić information content (AvgIpc) is 2.48. The van der Waals surface area contributed by atoms with Crippen LogP contribution in [0.1, 0.15) is 34.6 Å². The number of oxazole rings is 1. The fraction of sp³-hybridized carbons (Fsp3) is 0.417. The highest BCUT2D eigenvalue weighted by molar-refractivity contribution is 5.71. The molecule has 0 saturated carbocycles. The third-order valence-corrected chi connectivity index (χ3v) is 1.40. The largest absolute Gasteiger partial charge is 0.441 e. The maximum atomic E-state index is 5.26. The Balaban J connectivity index is 0. The fourth-order valence-electron chi connectivity index (χ4n) is 0.987. The molecule has 1 heterocycles. The summed E-state index contributed by atoms with van der Waals surface area (Å²) >= 11 is 0. The second-order valence-electron chi connectivity index (χ2n) is 2.20. The fourth-order valence-corrected chi connectivity index (χ4v) is 0.987. The van der Waals surface area contributed by atoms with Crippen molar-refractivity contribution in [3.63, 3.8) is 0 Å². The summed E-state index contributed by atoms with van der Waals surface area (Å²) in [7, 11) is 0. The predicted molar refractivity (Wildman–Crippen MR) is 63.6 cm³/mol. The Labute approximate surface area is 87.0 Å². The molecule has 0 atom stereocenters. The number of benzene rings is 1. The van der Waals surface area contributed by atoms with Crippen LogP contribution in [0.15, 0.2) is 28.7 Å². The number of aryl methyl sites for hydroxylation is 1. The van der Waals surface area contributed by atoms with Crippen LogP contribution in [0.3, 0.4) is 0 Å². The lowest BCUT2D eigenvalue weighted by molar-refractivity contribution is 0.561. The summed E-state index contributed by atoms with van der Waals surface area (Å²) in [6, 6.07) is 7.73. The molecule has 0 unspecified atom stereocenters. The van der Waals surface area contributed by atoms with E-state index in [4.69, 9.17) is 4.42 Å².